The first-order valence-electron chi connectivity index (χ1n) is 4.80. The van der Waals surface area contributed by atoms with Crippen LogP contribution in [0.1, 0.15) is 23.5 Å². The molecule has 2 aromatic heterocycles. The largest absolute Gasteiger partial charge is 0.323 e. The van der Waals surface area contributed by atoms with Crippen molar-refractivity contribution in [1.29, 1.82) is 0 Å². The summed E-state index contributed by atoms with van der Waals surface area (Å²) in [7, 11) is 1.90. The van der Waals surface area contributed by atoms with Crippen molar-refractivity contribution in [2.24, 2.45) is 12.8 Å². The van der Waals surface area contributed by atoms with Gasteiger partial charge < -0.3 is 5.73 Å². The van der Waals surface area contributed by atoms with E-state index in [0.29, 0.717) is 0 Å². The molecule has 1 atom stereocenters. The maximum Gasteiger partial charge on any atom is 0.127 e. The summed E-state index contributed by atoms with van der Waals surface area (Å²) in [5.74, 6) is 0. The second-order valence-corrected chi connectivity index (χ2v) is 4.69. The molecule has 1 unspecified atom stereocenters. The van der Waals surface area contributed by atoms with Crippen LogP contribution in [-0.2, 0) is 7.05 Å². The summed E-state index contributed by atoms with van der Waals surface area (Å²) >= 11 is 1.64. The molecule has 0 spiro atoms. The smallest absolute Gasteiger partial charge is 0.127 e. The van der Waals surface area contributed by atoms with E-state index in [1.54, 1.807) is 16.0 Å². The Kier molecular flexibility index (Phi) is 2.58. The molecule has 0 aromatic carbocycles. The molecule has 0 aliphatic carbocycles. The number of thiazole rings is 1. The minimum Gasteiger partial charge on any atom is -0.323 e. The molecule has 0 amide bonds. The Labute approximate surface area is 92.8 Å². The summed E-state index contributed by atoms with van der Waals surface area (Å²) in [5.41, 5.74) is 7.94. The van der Waals surface area contributed by atoms with E-state index < -0.39 is 0 Å². The van der Waals surface area contributed by atoms with Crippen molar-refractivity contribution < 1.29 is 0 Å². The first-order chi connectivity index (χ1) is 7.08. The minimum absolute atomic E-state index is 0.0490. The average Bonchev–Trinajstić information content (AvgIpc) is 2.71. The highest BCUT2D eigenvalue weighted by Crippen LogP contribution is 2.30. The topological polar surface area (TPSA) is 56.7 Å². The maximum atomic E-state index is 5.86. The zero-order valence-electron chi connectivity index (χ0n) is 9.06. The Morgan fingerprint density at radius 2 is 2.27 bits per heavy atom. The van der Waals surface area contributed by atoms with Gasteiger partial charge in [0.25, 0.3) is 0 Å². The Morgan fingerprint density at radius 1 is 1.53 bits per heavy atom. The summed E-state index contributed by atoms with van der Waals surface area (Å²) in [6.07, 6.45) is 3.78. The van der Waals surface area contributed by atoms with Crippen LogP contribution < -0.4 is 5.73 Å². The zero-order chi connectivity index (χ0) is 11.0. The summed E-state index contributed by atoms with van der Waals surface area (Å²) in [6.45, 7) is 3.97. The van der Waals surface area contributed by atoms with E-state index in [1.807, 2.05) is 33.3 Å². The SMILES string of the molecule is Cc1nc(-c2cnn(C)c2)sc1C(C)N. The third-order valence-electron chi connectivity index (χ3n) is 2.20. The normalized spacial score (nSPS) is 13.1. The Balaban J connectivity index is 2.42. The van der Waals surface area contributed by atoms with Crippen LogP contribution in [0.15, 0.2) is 12.4 Å². The Morgan fingerprint density at radius 3 is 2.73 bits per heavy atom. The predicted molar refractivity (Wildman–Crippen MR) is 61.7 cm³/mol. The first-order valence-corrected chi connectivity index (χ1v) is 5.61. The van der Waals surface area contributed by atoms with E-state index in [1.165, 1.54) is 0 Å². The van der Waals surface area contributed by atoms with E-state index in [4.69, 9.17) is 5.73 Å². The summed E-state index contributed by atoms with van der Waals surface area (Å²) in [5, 5.41) is 5.12. The molecule has 2 N–H and O–H groups in total. The number of aryl methyl sites for hydroxylation is 2. The number of hydrogen-bond acceptors (Lipinski definition) is 4. The fourth-order valence-corrected chi connectivity index (χ4v) is 2.48. The highest BCUT2D eigenvalue weighted by atomic mass is 32.1. The van der Waals surface area contributed by atoms with Gasteiger partial charge >= 0.3 is 0 Å². The van der Waals surface area contributed by atoms with Crippen molar-refractivity contribution in [1.82, 2.24) is 14.8 Å². The van der Waals surface area contributed by atoms with Crippen molar-refractivity contribution in [3.05, 3.63) is 23.0 Å². The van der Waals surface area contributed by atoms with Crippen LogP contribution in [0.25, 0.3) is 10.6 Å². The lowest BCUT2D eigenvalue weighted by atomic mass is 10.2. The number of nitrogens with two attached hydrogens (primary N) is 1. The average molecular weight is 222 g/mol. The van der Waals surface area contributed by atoms with E-state index >= 15 is 0 Å². The molecule has 4 nitrogen and oxygen atoms in total. The van der Waals surface area contributed by atoms with Gasteiger partial charge in [-0.15, -0.1) is 11.3 Å². The highest BCUT2D eigenvalue weighted by molar-refractivity contribution is 7.15. The maximum absolute atomic E-state index is 5.86. The molecule has 2 heterocycles. The molecule has 0 aliphatic heterocycles. The molecule has 15 heavy (non-hydrogen) atoms. The third-order valence-corrected chi connectivity index (χ3v) is 3.61. The number of hydrogen-bond donors (Lipinski definition) is 1. The van der Waals surface area contributed by atoms with Crippen molar-refractivity contribution in [3.8, 4) is 10.6 Å². The molecule has 5 heteroatoms. The zero-order valence-corrected chi connectivity index (χ0v) is 9.88. The molecule has 0 saturated carbocycles. The Hall–Kier alpha value is -1.20. The Bertz CT molecular complexity index is 469. The van der Waals surface area contributed by atoms with Crippen LogP contribution in [0.3, 0.4) is 0 Å². The molecule has 2 rings (SSSR count). The molecule has 0 fully saturated rings. The van der Waals surface area contributed by atoms with Crippen LogP contribution in [0.5, 0.6) is 0 Å². The van der Waals surface area contributed by atoms with Crippen LogP contribution in [0.4, 0.5) is 0 Å². The van der Waals surface area contributed by atoms with Crippen LogP contribution >= 0.6 is 11.3 Å². The second-order valence-electron chi connectivity index (χ2n) is 3.66. The lowest BCUT2D eigenvalue weighted by molar-refractivity contribution is 0.768. The van der Waals surface area contributed by atoms with Gasteiger partial charge in [-0.2, -0.15) is 5.10 Å². The predicted octanol–water partition coefficient (Wildman–Crippen LogP) is 1.87. The molecular formula is C10H14N4S. The quantitative estimate of drug-likeness (QED) is 0.844. The van der Waals surface area contributed by atoms with E-state index in [0.717, 1.165) is 21.1 Å². The van der Waals surface area contributed by atoms with Crippen molar-refractivity contribution >= 4 is 11.3 Å². The molecule has 0 radical (unpaired) electrons. The number of aromatic nitrogens is 3. The molecule has 0 aliphatic rings. The summed E-state index contributed by atoms with van der Waals surface area (Å²) in [4.78, 5) is 5.65. The van der Waals surface area contributed by atoms with Crippen LogP contribution in [-0.4, -0.2) is 14.8 Å². The van der Waals surface area contributed by atoms with E-state index in [-0.39, 0.29) is 6.04 Å². The second kappa shape index (κ2) is 3.75. The summed E-state index contributed by atoms with van der Waals surface area (Å²) in [6, 6.07) is 0.0490. The van der Waals surface area contributed by atoms with Gasteiger partial charge in [0.1, 0.15) is 5.01 Å². The molecule has 0 saturated heterocycles. The van der Waals surface area contributed by atoms with Gasteiger partial charge in [0.2, 0.25) is 0 Å². The van der Waals surface area contributed by atoms with Gasteiger partial charge in [0.15, 0.2) is 0 Å². The van der Waals surface area contributed by atoms with E-state index in [9.17, 15) is 0 Å². The van der Waals surface area contributed by atoms with Gasteiger partial charge in [-0.25, -0.2) is 4.98 Å². The summed E-state index contributed by atoms with van der Waals surface area (Å²) < 4.78 is 1.78. The van der Waals surface area contributed by atoms with Gasteiger partial charge in [-0.05, 0) is 13.8 Å². The monoisotopic (exact) mass is 222 g/mol. The minimum atomic E-state index is 0.0490. The molecule has 0 bridgehead atoms. The van der Waals surface area contributed by atoms with Gasteiger partial charge in [0.05, 0.1) is 11.9 Å². The molecule has 80 valence electrons. The van der Waals surface area contributed by atoms with Crippen molar-refractivity contribution in [3.63, 3.8) is 0 Å². The van der Waals surface area contributed by atoms with Gasteiger partial charge in [-0.1, -0.05) is 0 Å². The van der Waals surface area contributed by atoms with Gasteiger partial charge in [-0.3, -0.25) is 4.68 Å². The third kappa shape index (κ3) is 1.93. The van der Waals surface area contributed by atoms with Crippen molar-refractivity contribution in [2.45, 2.75) is 19.9 Å². The van der Waals surface area contributed by atoms with Crippen LogP contribution in [0.2, 0.25) is 0 Å². The molecule has 2 aromatic rings. The lowest BCUT2D eigenvalue weighted by Crippen LogP contribution is -2.03. The van der Waals surface area contributed by atoms with E-state index in [2.05, 4.69) is 10.1 Å². The van der Waals surface area contributed by atoms with Gasteiger partial charge in [0, 0.05) is 29.7 Å². The fourth-order valence-electron chi connectivity index (χ4n) is 1.49. The fraction of sp³-hybridized carbons (Fsp3) is 0.400. The highest BCUT2D eigenvalue weighted by Gasteiger charge is 2.12. The number of nitrogens with zero attached hydrogens (tertiary/aromatic N) is 3. The lowest BCUT2D eigenvalue weighted by Gasteiger charge is -1.99. The first kappa shape index (κ1) is 10.3. The van der Waals surface area contributed by atoms with Crippen LogP contribution in [0, 0.1) is 6.92 Å². The number of rotatable bonds is 2. The van der Waals surface area contributed by atoms with Crippen molar-refractivity contribution in [2.75, 3.05) is 0 Å². The standard InChI is InChI=1S/C10H14N4S/c1-6(11)9-7(2)13-10(15-9)8-4-12-14(3)5-8/h4-6H,11H2,1-3H3. The molecular weight excluding hydrogens is 208 g/mol.